The molecule has 23 heavy (non-hydrogen) atoms. The van der Waals surface area contributed by atoms with E-state index in [2.05, 4.69) is 20.6 Å². The monoisotopic (exact) mass is 332 g/mol. The maximum atomic E-state index is 12.3. The fourth-order valence-electron chi connectivity index (χ4n) is 1.99. The van der Waals surface area contributed by atoms with Crippen molar-refractivity contribution < 1.29 is 4.79 Å². The number of carbonyl (C=O) groups is 1. The maximum Gasteiger partial charge on any atom is 0.270 e. The van der Waals surface area contributed by atoms with Gasteiger partial charge in [0.15, 0.2) is 0 Å². The fraction of sp³-hybridized carbons (Fsp3) is 0.353. The van der Waals surface area contributed by atoms with E-state index >= 15 is 0 Å². The molecule has 2 rings (SSSR count). The van der Waals surface area contributed by atoms with Crippen LogP contribution in [0.3, 0.4) is 0 Å². The largest absolute Gasteiger partial charge is 0.346 e. The third-order valence-corrected chi connectivity index (χ3v) is 3.26. The van der Waals surface area contributed by atoms with E-state index in [1.807, 2.05) is 46.8 Å². The van der Waals surface area contributed by atoms with Gasteiger partial charge in [-0.15, -0.1) is 0 Å². The van der Waals surface area contributed by atoms with Crippen molar-refractivity contribution in [2.45, 2.75) is 40.2 Å². The lowest BCUT2D eigenvalue weighted by Gasteiger charge is -2.20. The van der Waals surface area contributed by atoms with E-state index in [1.54, 1.807) is 12.1 Å². The molecule has 1 amide bonds. The molecule has 1 aromatic carbocycles. The quantitative estimate of drug-likeness (QED) is 0.890. The Morgan fingerprint density at radius 3 is 2.48 bits per heavy atom. The lowest BCUT2D eigenvalue weighted by atomic mass is 10.1. The molecule has 2 aromatic rings. The van der Waals surface area contributed by atoms with Crippen LogP contribution in [-0.2, 0) is 0 Å². The maximum absolute atomic E-state index is 12.3. The number of benzene rings is 1. The summed E-state index contributed by atoms with van der Waals surface area (Å²) in [7, 11) is 0. The Morgan fingerprint density at radius 1 is 1.13 bits per heavy atom. The van der Waals surface area contributed by atoms with E-state index in [4.69, 9.17) is 11.6 Å². The zero-order valence-electron chi connectivity index (χ0n) is 14.0. The number of anilines is 2. The Kier molecular flexibility index (Phi) is 4.90. The molecule has 5 nitrogen and oxygen atoms in total. The summed E-state index contributed by atoms with van der Waals surface area (Å²) in [6.07, 6.45) is 0. The van der Waals surface area contributed by atoms with Gasteiger partial charge in [-0.05, 0) is 58.4 Å². The lowest BCUT2D eigenvalue weighted by Crippen LogP contribution is -2.41. The SMILES string of the molecule is Cc1cc(C(=O)NC(C)(C)C)nc(Nc2cc(Cl)ccc2C)n1. The van der Waals surface area contributed by atoms with Crippen molar-refractivity contribution in [3.63, 3.8) is 0 Å². The summed E-state index contributed by atoms with van der Waals surface area (Å²) in [5.41, 5.74) is 2.54. The van der Waals surface area contributed by atoms with Crippen LogP contribution in [0, 0.1) is 13.8 Å². The first-order chi connectivity index (χ1) is 10.6. The predicted molar refractivity (Wildman–Crippen MR) is 93.5 cm³/mol. The van der Waals surface area contributed by atoms with Crippen LogP contribution in [0.15, 0.2) is 24.3 Å². The zero-order valence-corrected chi connectivity index (χ0v) is 14.7. The number of nitrogens with one attached hydrogen (secondary N) is 2. The molecule has 122 valence electrons. The van der Waals surface area contributed by atoms with Crippen LogP contribution in [0.1, 0.15) is 42.5 Å². The highest BCUT2D eigenvalue weighted by atomic mass is 35.5. The number of rotatable bonds is 3. The second kappa shape index (κ2) is 6.54. The first-order valence-electron chi connectivity index (χ1n) is 7.35. The number of hydrogen-bond acceptors (Lipinski definition) is 4. The molecule has 0 spiro atoms. The number of nitrogens with zero attached hydrogens (tertiary/aromatic N) is 2. The second-order valence-electron chi connectivity index (χ2n) is 6.51. The normalized spacial score (nSPS) is 11.2. The molecule has 0 saturated carbocycles. The van der Waals surface area contributed by atoms with E-state index in [-0.39, 0.29) is 11.4 Å². The van der Waals surface area contributed by atoms with Crippen molar-refractivity contribution in [1.82, 2.24) is 15.3 Å². The molecule has 0 saturated heterocycles. The van der Waals surface area contributed by atoms with Crippen molar-refractivity contribution in [2.75, 3.05) is 5.32 Å². The summed E-state index contributed by atoms with van der Waals surface area (Å²) in [6.45, 7) is 9.56. The minimum Gasteiger partial charge on any atom is -0.346 e. The van der Waals surface area contributed by atoms with Crippen LogP contribution in [0.5, 0.6) is 0 Å². The molecule has 6 heteroatoms. The fourth-order valence-corrected chi connectivity index (χ4v) is 2.17. The molecule has 1 heterocycles. The number of aromatic nitrogens is 2. The van der Waals surface area contributed by atoms with Crippen LogP contribution >= 0.6 is 11.6 Å². The van der Waals surface area contributed by atoms with Crippen LogP contribution in [-0.4, -0.2) is 21.4 Å². The van der Waals surface area contributed by atoms with Gasteiger partial charge in [0.1, 0.15) is 5.69 Å². The second-order valence-corrected chi connectivity index (χ2v) is 6.94. The van der Waals surface area contributed by atoms with Crippen LogP contribution in [0.2, 0.25) is 5.02 Å². The van der Waals surface area contributed by atoms with E-state index in [9.17, 15) is 4.79 Å². The highest BCUT2D eigenvalue weighted by Gasteiger charge is 2.17. The summed E-state index contributed by atoms with van der Waals surface area (Å²) >= 11 is 6.02. The van der Waals surface area contributed by atoms with E-state index in [1.165, 1.54) is 0 Å². The molecule has 0 aliphatic carbocycles. The number of carbonyl (C=O) groups excluding carboxylic acids is 1. The standard InChI is InChI=1S/C17H21ClN4O/c1-10-6-7-12(18)9-13(10)20-16-19-11(2)8-14(21-16)15(23)22-17(3,4)5/h6-9H,1-5H3,(H,22,23)(H,19,20,21). The van der Waals surface area contributed by atoms with Gasteiger partial charge in [-0.2, -0.15) is 0 Å². The molecule has 0 bridgehead atoms. The summed E-state index contributed by atoms with van der Waals surface area (Å²) in [5, 5.41) is 6.64. The van der Waals surface area contributed by atoms with Crippen molar-refractivity contribution in [3.8, 4) is 0 Å². The van der Waals surface area contributed by atoms with Gasteiger partial charge in [0, 0.05) is 21.9 Å². The third-order valence-electron chi connectivity index (χ3n) is 3.02. The highest BCUT2D eigenvalue weighted by Crippen LogP contribution is 2.23. The van der Waals surface area contributed by atoms with E-state index < -0.39 is 0 Å². The molecular weight excluding hydrogens is 312 g/mol. The molecular formula is C17H21ClN4O. The van der Waals surface area contributed by atoms with E-state index in [0.29, 0.717) is 22.4 Å². The highest BCUT2D eigenvalue weighted by molar-refractivity contribution is 6.30. The van der Waals surface area contributed by atoms with Gasteiger partial charge < -0.3 is 10.6 Å². The first kappa shape index (κ1) is 17.2. The van der Waals surface area contributed by atoms with Crippen molar-refractivity contribution >= 4 is 29.1 Å². The van der Waals surface area contributed by atoms with Gasteiger partial charge in [0.2, 0.25) is 5.95 Å². The number of hydrogen-bond donors (Lipinski definition) is 2. The molecule has 0 aliphatic rings. The van der Waals surface area contributed by atoms with Gasteiger partial charge in [-0.3, -0.25) is 4.79 Å². The van der Waals surface area contributed by atoms with Gasteiger partial charge >= 0.3 is 0 Å². The average Bonchev–Trinajstić information content (AvgIpc) is 2.40. The number of amides is 1. The lowest BCUT2D eigenvalue weighted by molar-refractivity contribution is 0.0914. The molecule has 2 N–H and O–H groups in total. The van der Waals surface area contributed by atoms with Crippen LogP contribution in [0.25, 0.3) is 0 Å². The number of aryl methyl sites for hydroxylation is 2. The molecule has 0 unspecified atom stereocenters. The van der Waals surface area contributed by atoms with Gasteiger partial charge in [-0.1, -0.05) is 17.7 Å². The van der Waals surface area contributed by atoms with Gasteiger partial charge in [-0.25, -0.2) is 9.97 Å². The van der Waals surface area contributed by atoms with Gasteiger partial charge in [0.05, 0.1) is 0 Å². The first-order valence-corrected chi connectivity index (χ1v) is 7.73. The van der Waals surface area contributed by atoms with Crippen molar-refractivity contribution in [2.24, 2.45) is 0 Å². The Bertz CT molecular complexity index is 738. The van der Waals surface area contributed by atoms with Gasteiger partial charge in [0.25, 0.3) is 5.91 Å². The topological polar surface area (TPSA) is 66.9 Å². The Labute approximate surface area is 141 Å². The Morgan fingerprint density at radius 2 is 1.83 bits per heavy atom. The number of halogens is 1. The molecule has 0 fully saturated rings. The minimum atomic E-state index is -0.326. The molecule has 0 radical (unpaired) electrons. The predicted octanol–water partition coefficient (Wildman–Crippen LogP) is 4.02. The molecule has 1 aromatic heterocycles. The Hall–Kier alpha value is -2.14. The summed E-state index contributed by atoms with van der Waals surface area (Å²) in [4.78, 5) is 20.9. The summed E-state index contributed by atoms with van der Waals surface area (Å²) in [5.74, 6) is 0.142. The third kappa shape index (κ3) is 4.93. The smallest absolute Gasteiger partial charge is 0.270 e. The van der Waals surface area contributed by atoms with E-state index in [0.717, 1.165) is 11.3 Å². The zero-order chi connectivity index (χ0) is 17.2. The molecule has 0 aliphatic heterocycles. The average molecular weight is 333 g/mol. The Balaban J connectivity index is 2.30. The van der Waals surface area contributed by atoms with Crippen molar-refractivity contribution in [1.29, 1.82) is 0 Å². The molecule has 0 atom stereocenters. The summed E-state index contributed by atoms with van der Waals surface area (Å²) in [6, 6.07) is 7.20. The minimum absolute atomic E-state index is 0.228. The van der Waals surface area contributed by atoms with Crippen LogP contribution < -0.4 is 10.6 Å². The van der Waals surface area contributed by atoms with Crippen LogP contribution in [0.4, 0.5) is 11.6 Å². The van der Waals surface area contributed by atoms with Crippen molar-refractivity contribution in [3.05, 3.63) is 46.2 Å². The summed E-state index contributed by atoms with van der Waals surface area (Å²) < 4.78 is 0.